The molecule has 0 radical (unpaired) electrons. The zero-order valence-electron chi connectivity index (χ0n) is 15.6. The molecule has 0 aromatic heterocycles. The van der Waals surface area contributed by atoms with E-state index in [1.165, 1.54) is 19.2 Å². The van der Waals surface area contributed by atoms with Gasteiger partial charge in [-0.2, -0.15) is 0 Å². The smallest absolute Gasteiger partial charge is 0.322 e. The van der Waals surface area contributed by atoms with Gasteiger partial charge in [-0.3, -0.25) is 0 Å². The minimum Gasteiger partial charge on any atom is -0.497 e. The molecule has 1 N–H and O–H groups in total. The fourth-order valence-corrected chi connectivity index (χ4v) is 3.37. The molecule has 144 valence electrons. The topological polar surface area (TPSA) is 60.0 Å². The number of benzene rings is 2. The lowest BCUT2D eigenvalue weighted by Gasteiger charge is -2.26. The van der Waals surface area contributed by atoms with Crippen LogP contribution >= 0.6 is 0 Å². The van der Waals surface area contributed by atoms with Gasteiger partial charge in [-0.25, -0.2) is 9.18 Å². The summed E-state index contributed by atoms with van der Waals surface area (Å²) < 4.78 is 29.5. The second-order valence-electron chi connectivity index (χ2n) is 6.24. The number of halogens is 1. The number of likely N-dealkylation sites (tertiary alicyclic amines) is 1. The number of methoxy groups -OCH3 is 3. The third-order valence-corrected chi connectivity index (χ3v) is 4.72. The van der Waals surface area contributed by atoms with Crippen molar-refractivity contribution in [2.45, 2.75) is 18.9 Å². The third kappa shape index (κ3) is 3.92. The Labute approximate surface area is 157 Å². The maximum Gasteiger partial charge on any atom is 0.322 e. The van der Waals surface area contributed by atoms with Crippen molar-refractivity contribution in [2.24, 2.45) is 0 Å². The standard InChI is InChI=1S/C20H23FN2O4/c1-25-14-7-8-15(19(12-14)27-3)17-5-4-10-23(17)20(24)22-13-6-9-18(26-2)16(21)11-13/h6-9,11-12,17H,4-5,10H2,1-3H3,(H,22,24). The van der Waals surface area contributed by atoms with Crippen LogP contribution in [-0.4, -0.2) is 38.8 Å². The molecule has 0 saturated carbocycles. The summed E-state index contributed by atoms with van der Waals surface area (Å²) >= 11 is 0. The Morgan fingerprint density at radius 1 is 1.07 bits per heavy atom. The van der Waals surface area contributed by atoms with Crippen LogP contribution in [0, 0.1) is 5.82 Å². The Kier molecular flexibility index (Phi) is 5.69. The number of nitrogens with zero attached hydrogens (tertiary/aromatic N) is 1. The van der Waals surface area contributed by atoms with E-state index in [2.05, 4.69) is 5.32 Å². The SMILES string of the molecule is COc1ccc(C2CCCN2C(=O)Nc2ccc(OC)c(F)c2)c(OC)c1. The molecule has 2 amide bonds. The summed E-state index contributed by atoms with van der Waals surface area (Å²) in [4.78, 5) is 14.5. The Morgan fingerprint density at radius 3 is 2.52 bits per heavy atom. The molecule has 1 heterocycles. The summed E-state index contributed by atoms with van der Waals surface area (Å²) in [5, 5.41) is 2.76. The van der Waals surface area contributed by atoms with Gasteiger partial charge in [0.05, 0.1) is 27.4 Å². The normalized spacial score (nSPS) is 16.1. The zero-order chi connectivity index (χ0) is 19.4. The van der Waals surface area contributed by atoms with Crippen LogP contribution in [0.5, 0.6) is 17.2 Å². The molecular formula is C20H23FN2O4. The van der Waals surface area contributed by atoms with Crippen LogP contribution in [0.4, 0.5) is 14.9 Å². The van der Waals surface area contributed by atoms with Crippen molar-refractivity contribution < 1.29 is 23.4 Å². The number of nitrogens with one attached hydrogen (secondary N) is 1. The number of hydrogen-bond acceptors (Lipinski definition) is 4. The lowest BCUT2D eigenvalue weighted by molar-refractivity contribution is 0.206. The van der Waals surface area contributed by atoms with Gasteiger partial charge in [0, 0.05) is 29.9 Å². The van der Waals surface area contributed by atoms with E-state index in [-0.39, 0.29) is 17.8 Å². The van der Waals surface area contributed by atoms with Crippen molar-refractivity contribution in [1.82, 2.24) is 4.90 Å². The van der Waals surface area contributed by atoms with Crippen molar-refractivity contribution in [3.05, 3.63) is 47.8 Å². The van der Waals surface area contributed by atoms with Crippen LogP contribution in [0.15, 0.2) is 36.4 Å². The molecule has 0 bridgehead atoms. The van der Waals surface area contributed by atoms with Crippen LogP contribution in [0.2, 0.25) is 0 Å². The number of carbonyl (C=O) groups excluding carboxylic acids is 1. The molecule has 1 atom stereocenters. The first-order valence-electron chi connectivity index (χ1n) is 8.70. The fraction of sp³-hybridized carbons (Fsp3) is 0.350. The number of urea groups is 1. The molecule has 1 unspecified atom stereocenters. The van der Waals surface area contributed by atoms with Gasteiger partial charge < -0.3 is 24.4 Å². The molecule has 1 aliphatic rings. The van der Waals surface area contributed by atoms with Gasteiger partial charge >= 0.3 is 6.03 Å². The van der Waals surface area contributed by atoms with E-state index in [9.17, 15) is 9.18 Å². The van der Waals surface area contributed by atoms with E-state index in [0.717, 1.165) is 18.4 Å². The molecule has 0 spiro atoms. The highest BCUT2D eigenvalue weighted by molar-refractivity contribution is 5.90. The van der Waals surface area contributed by atoms with Gasteiger partial charge in [-0.15, -0.1) is 0 Å². The number of hydrogen-bond donors (Lipinski definition) is 1. The highest BCUT2D eigenvalue weighted by Gasteiger charge is 2.32. The summed E-state index contributed by atoms with van der Waals surface area (Å²) in [5.74, 6) is 0.980. The van der Waals surface area contributed by atoms with Gasteiger partial charge in [0.2, 0.25) is 0 Å². The van der Waals surface area contributed by atoms with E-state index in [1.54, 1.807) is 25.2 Å². The molecule has 0 aliphatic carbocycles. The summed E-state index contributed by atoms with van der Waals surface area (Å²) in [6, 6.07) is 9.52. The second kappa shape index (κ2) is 8.16. The molecule has 2 aromatic rings. The lowest BCUT2D eigenvalue weighted by Crippen LogP contribution is -2.34. The lowest BCUT2D eigenvalue weighted by atomic mass is 10.0. The zero-order valence-corrected chi connectivity index (χ0v) is 15.6. The monoisotopic (exact) mass is 374 g/mol. The molecule has 27 heavy (non-hydrogen) atoms. The van der Waals surface area contributed by atoms with E-state index >= 15 is 0 Å². The second-order valence-corrected chi connectivity index (χ2v) is 6.24. The van der Waals surface area contributed by atoms with Crippen molar-refractivity contribution in [1.29, 1.82) is 0 Å². The van der Waals surface area contributed by atoms with Crippen LogP contribution < -0.4 is 19.5 Å². The molecule has 1 aliphatic heterocycles. The summed E-state index contributed by atoms with van der Waals surface area (Å²) in [5.41, 5.74) is 1.30. The van der Waals surface area contributed by atoms with Gasteiger partial charge in [-0.05, 0) is 37.1 Å². The first-order chi connectivity index (χ1) is 13.1. The minimum absolute atomic E-state index is 0.117. The molecular weight excluding hydrogens is 351 g/mol. The molecule has 6 nitrogen and oxygen atoms in total. The fourth-order valence-electron chi connectivity index (χ4n) is 3.37. The van der Waals surface area contributed by atoms with Crippen molar-refractivity contribution in [2.75, 3.05) is 33.2 Å². The Morgan fingerprint density at radius 2 is 1.85 bits per heavy atom. The highest BCUT2D eigenvalue weighted by Crippen LogP contribution is 2.39. The Bertz CT molecular complexity index is 828. The first-order valence-corrected chi connectivity index (χ1v) is 8.70. The molecule has 1 fully saturated rings. The van der Waals surface area contributed by atoms with Crippen LogP contribution in [0.25, 0.3) is 0 Å². The van der Waals surface area contributed by atoms with Crippen LogP contribution in [0.1, 0.15) is 24.4 Å². The van der Waals surface area contributed by atoms with Gasteiger partial charge in [0.25, 0.3) is 0 Å². The van der Waals surface area contributed by atoms with Gasteiger partial charge in [0.15, 0.2) is 11.6 Å². The van der Waals surface area contributed by atoms with E-state index in [0.29, 0.717) is 23.7 Å². The minimum atomic E-state index is -0.523. The number of amides is 2. The van der Waals surface area contributed by atoms with Crippen LogP contribution in [0.3, 0.4) is 0 Å². The number of ether oxygens (including phenoxy) is 3. The number of rotatable bonds is 5. The molecule has 2 aromatic carbocycles. The number of carbonyl (C=O) groups is 1. The molecule has 1 saturated heterocycles. The quantitative estimate of drug-likeness (QED) is 0.851. The van der Waals surface area contributed by atoms with Crippen molar-refractivity contribution >= 4 is 11.7 Å². The first kappa shape index (κ1) is 18.8. The maximum absolute atomic E-state index is 13.9. The summed E-state index contributed by atoms with van der Waals surface area (Å²) in [7, 11) is 4.59. The predicted molar refractivity (Wildman–Crippen MR) is 100 cm³/mol. The summed E-state index contributed by atoms with van der Waals surface area (Å²) in [6.45, 7) is 0.615. The average Bonchev–Trinajstić information content (AvgIpc) is 3.17. The maximum atomic E-state index is 13.9. The number of anilines is 1. The van der Waals surface area contributed by atoms with E-state index in [4.69, 9.17) is 14.2 Å². The molecule has 7 heteroatoms. The van der Waals surface area contributed by atoms with E-state index < -0.39 is 5.82 Å². The van der Waals surface area contributed by atoms with Gasteiger partial charge in [-0.1, -0.05) is 0 Å². The van der Waals surface area contributed by atoms with Crippen molar-refractivity contribution in [3.63, 3.8) is 0 Å². The largest absolute Gasteiger partial charge is 0.497 e. The highest BCUT2D eigenvalue weighted by atomic mass is 19.1. The molecule has 3 rings (SSSR count). The third-order valence-electron chi connectivity index (χ3n) is 4.72. The van der Waals surface area contributed by atoms with Gasteiger partial charge in [0.1, 0.15) is 11.5 Å². The Hall–Kier alpha value is -2.96. The van der Waals surface area contributed by atoms with Crippen LogP contribution in [-0.2, 0) is 0 Å². The van der Waals surface area contributed by atoms with Crippen molar-refractivity contribution in [3.8, 4) is 17.2 Å². The average molecular weight is 374 g/mol. The predicted octanol–water partition coefficient (Wildman–Crippen LogP) is 4.22. The Balaban J connectivity index is 1.80. The summed E-state index contributed by atoms with van der Waals surface area (Å²) in [6.07, 6.45) is 1.71. The van der Waals surface area contributed by atoms with E-state index in [1.807, 2.05) is 18.2 Å².